The van der Waals surface area contributed by atoms with Gasteiger partial charge in [0.2, 0.25) is 0 Å². The van der Waals surface area contributed by atoms with Gasteiger partial charge in [0.15, 0.2) is 0 Å². The Balaban J connectivity index is 2.20. The first-order valence-electron chi connectivity index (χ1n) is 6.30. The molecule has 1 atom stereocenters. The Labute approximate surface area is 120 Å². The van der Waals surface area contributed by atoms with Crippen molar-refractivity contribution in [3.63, 3.8) is 0 Å². The van der Waals surface area contributed by atoms with Crippen LogP contribution in [0.1, 0.15) is 17.2 Å². The van der Waals surface area contributed by atoms with Gasteiger partial charge in [-0.1, -0.05) is 30.3 Å². The van der Waals surface area contributed by atoms with Gasteiger partial charge in [0.1, 0.15) is 5.75 Å². The zero-order chi connectivity index (χ0) is 15.5. The molecule has 0 amide bonds. The van der Waals surface area contributed by atoms with Gasteiger partial charge in [0.25, 0.3) is 0 Å². The van der Waals surface area contributed by atoms with Crippen LogP contribution in [0, 0.1) is 0 Å². The number of halogens is 3. The third-order valence-corrected chi connectivity index (χ3v) is 2.99. The van der Waals surface area contributed by atoms with Gasteiger partial charge in [-0.25, -0.2) is 0 Å². The Morgan fingerprint density at radius 2 is 1.71 bits per heavy atom. The van der Waals surface area contributed by atoms with Crippen molar-refractivity contribution in [1.29, 1.82) is 0 Å². The summed E-state index contributed by atoms with van der Waals surface area (Å²) in [6, 6.07) is 12.7. The highest BCUT2D eigenvalue weighted by molar-refractivity contribution is 5.52. The predicted octanol–water partition coefficient (Wildman–Crippen LogP) is 3.41. The van der Waals surface area contributed by atoms with E-state index in [1.807, 2.05) is 30.3 Å². The van der Waals surface area contributed by atoms with Crippen molar-refractivity contribution < 1.29 is 17.9 Å². The van der Waals surface area contributed by atoms with E-state index in [0.29, 0.717) is 17.7 Å². The normalized spacial score (nSPS) is 13.0. The van der Waals surface area contributed by atoms with E-state index in [0.717, 1.165) is 5.56 Å². The monoisotopic (exact) mass is 296 g/mol. The first kappa shape index (κ1) is 15.2. The number of anilines is 1. The van der Waals surface area contributed by atoms with Crippen LogP contribution in [0.2, 0.25) is 0 Å². The average Bonchev–Trinajstić information content (AvgIpc) is 2.40. The van der Waals surface area contributed by atoms with Crippen LogP contribution in [-0.4, -0.2) is 6.36 Å². The van der Waals surface area contributed by atoms with Crippen molar-refractivity contribution in [2.45, 2.75) is 18.8 Å². The molecular weight excluding hydrogens is 281 g/mol. The minimum Gasteiger partial charge on any atom is -0.406 e. The molecule has 0 saturated carbocycles. The Hall–Kier alpha value is -2.21. The average molecular weight is 296 g/mol. The number of alkyl halides is 3. The minimum absolute atomic E-state index is 0.324. The molecular formula is C15H15F3N2O. The van der Waals surface area contributed by atoms with Crippen molar-refractivity contribution in [3.8, 4) is 5.75 Å². The Kier molecular flexibility index (Phi) is 4.37. The van der Waals surface area contributed by atoms with Gasteiger partial charge in [-0.05, 0) is 35.7 Å². The Morgan fingerprint density at radius 1 is 1.05 bits per heavy atom. The van der Waals surface area contributed by atoms with Gasteiger partial charge in [-0.3, -0.25) is 0 Å². The Bertz CT molecular complexity index is 600. The fourth-order valence-corrected chi connectivity index (χ4v) is 2.05. The number of rotatable bonds is 4. The van der Waals surface area contributed by atoms with Crippen LogP contribution in [0.15, 0.2) is 48.5 Å². The molecule has 2 aromatic carbocycles. The summed E-state index contributed by atoms with van der Waals surface area (Å²) in [4.78, 5) is 0. The maximum absolute atomic E-state index is 12.2. The molecule has 1 unspecified atom stereocenters. The van der Waals surface area contributed by atoms with E-state index in [1.165, 1.54) is 18.2 Å². The predicted molar refractivity (Wildman–Crippen MR) is 74.6 cm³/mol. The first-order chi connectivity index (χ1) is 9.85. The zero-order valence-electron chi connectivity index (χ0n) is 11.1. The van der Waals surface area contributed by atoms with E-state index in [2.05, 4.69) is 4.74 Å². The van der Waals surface area contributed by atoms with Gasteiger partial charge in [-0.15, -0.1) is 13.2 Å². The molecule has 2 aromatic rings. The standard InChI is InChI=1S/C15H15F3N2O/c16-15(17,18)21-11-6-7-13(19)12(9-11)14(20)8-10-4-2-1-3-5-10/h1-7,9,14H,8,19-20H2. The quantitative estimate of drug-likeness (QED) is 0.850. The maximum Gasteiger partial charge on any atom is 0.573 e. The largest absolute Gasteiger partial charge is 0.573 e. The molecule has 21 heavy (non-hydrogen) atoms. The minimum atomic E-state index is -4.74. The van der Waals surface area contributed by atoms with Gasteiger partial charge in [0.05, 0.1) is 0 Å². The number of nitrogen functional groups attached to an aromatic ring is 1. The van der Waals surface area contributed by atoms with E-state index < -0.39 is 12.4 Å². The summed E-state index contributed by atoms with van der Waals surface area (Å²) in [5, 5.41) is 0. The molecule has 0 aliphatic carbocycles. The lowest BCUT2D eigenvalue weighted by molar-refractivity contribution is -0.274. The highest BCUT2D eigenvalue weighted by Crippen LogP contribution is 2.29. The fourth-order valence-electron chi connectivity index (χ4n) is 2.05. The van der Waals surface area contributed by atoms with Gasteiger partial charge < -0.3 is 16.2 Å². The highest BCUT2D eigenvalue weighted by atomic mass is 19.4. The van der Waals surface area contributed by atoms with E-state index in [-0.39, 0.29) is 5.75 Å². The first-order valence-corrected chi connectivity index (χ1v) is 6.30. The van der Waals surface area contributed by atoms with Gasteiger partial charge in [-0.2, -0.15) is 0 Å². The molecule has 4 N–H and O–H groups in total. The molecule has 0 aromatic heterocycles. The van der Waals surface area contributed by atoms with Crippen molar-refractivity contribution in [3.05, 3.63) is 59.7 Å². The smallest absolute Gasteiger partial charge is 0.406 e. The molecule has 112 valence electrons. The highest BCUT2D eigenvalue weighted by Gasteiger charge is 2.31. The summed E-state index contributed by atoms with van der Waals surface area (Å²) < 4.78 is 40.6. The molecule has 0 radical (unpaired) electrons. The lowest BCUT2D eigenvalue weighted by Crippen LogP contribution is -2.19. The fraction of sp³-hybridized carbons (Fsp3) is 0.200. The summed E-state index contributed by atoms with van der Waals surface area (Å²) in [6.45, 7) is 0. The second-order valence-corrected chi connectivity index (χ2v) is 4.63. The van der Waals surface area contributed by atoms with Gasteiger partial charge >= 0.3 is 6.36 Å². The lowest BCUT2D eigenvalue weighted by atomic mass is 9.98. The molecule has 0 heterocycles. The van der Waals surface area contributed by atoms with Gasteiger partial charge in [0, 0.05) is 11.7 Å². The molecule has 0 bridgehead atoms. The van der Waals surface area contributed by atoms with Crippen molar-refractivity contribution in [2.24, 2.45) is 5.73 Å². The number of benzene rings is 2. The number of ether oxygens (including phenoxy) is 1. The topological polar surface area (TPSA) is 61.3 Å². The Morgan fingerprint density at radius 3 is 2.33 bits per heavy atom. The number of hydrogen-bond acceptors (Lipinski definition) is 3. The van der Waals surface area contributed by atoms with E-state index in [1.54, 1.807) is 0 Å². The molecule has 0 aliphatic heterocycles. The van der Waals surface area contributed by atoms with Crippen molar-refractivity contribution >= 4 is 5.69 Å². The molecule has 0 fully saturated rings. The van der Waals surface area contributed by atoms with Crippen LogP contribution in [-0.2, 0) is 6.42 Å². The molecule has 3 nitrogen and oxygen atoms in total. The van der Waals surface area contributed by atoms with E-state index in [4.69, 9.17) is 11.5 Å². The van der Waals surface area contributed by atoms with Crippen molar-refractivity contribution in [2.75, 3.05) is 5.73 Å². The lowest BCUT2D eigenvalue weighted by Gasteiger charge is -2.17. The third-order valence-electron chi connectivity index (χ3n) is 2.99. The second-order valence-electron chi connectivity index (χ2n) is 4.63. The van der Waals surface area contributed by atoms with Crippen LogP contribution in [0.25, 0.3) is 0 Å². The summed E-state index contributed by atoms with van der Waals surface area (Å²) in [6.07, 6.45) is -4.27. The summed E-state index contributed by atoms with van der Waals surface area (Å²) in [5.41, 5.74) is 13.6. The van der Waals surface area contributed by atoms with Crippen LogP contribution < -0.4 is 16.2 Å². The van der Waals surface area contributed by atoms with Crippen LogP contribution in [0.5, 0.6) is 5.75 Å². The van der Waals surface area contributed by atoms with E-state index in [9.17, 15) is 13.2 Å². The molecule has 0 spiro atoms. The maximum atomic E-state index is 12.2. The number of hydrogen-bond donors (Lipinski definition) is 2. The summed E-state index contributed by atoms with van der Waals surface area (Å²) >= 11 is 0. The molecule has 0 saturated heterocycles. The molecule has 0 aliphatic rings. The third kappa shape index (κ3) is 4.39. The SMILES string of the molecule is Nc1ccc(OC(F)(F)F)cc1C(N)Cc1ccccc1. The van der Waals surface area contributed by atoms with Crippen LogP contribution >= 0.6 is 0 Å². The number of nitrogens with two attached hydrogens (primary N) is 2. The zero-order valence-corrected chi connectivity index (χ0v) is 11.1. The van der Waals surface area contributed by atoms with Crippen LogP contribution in [0.4, 0.5) is 18.9 Å². The summed E-state index contributed by atoms with van der Waals surface area (Å²) in [7, 11) is 0. The van der Waals surface area contributed by atoms with Crippen molar-refractivity contribution in [1.82, 2.24) is 0 Å². The molecule has 2 rings (SSSR count). The molecule has 6 heteroatoms. The van der Waals surface area contributed by atoms with E-state index >= 15 is 0 Å². The second kappa shape index (κ2) is 6.05. The van der Waals surface area contributed by atoms with Crippen LogP contribution in [0.3, 0.4) is 0 Å². The summed E-state index contributed by atoms with van der Waals surface area (Å²) in [5.74, 6) is -0.324.